The molecule has 0 aliphatic carbocycles. The highest BCUT2D eigenvalue weighted by Crippen LogP contribution is 2.33. The van der Waals surface area contributed by atoms with E-state index >= 15 is 0 Å². The fourth-order valence-electron chi connectivity index (χ4n) is 5.12. The Hall–Kier alpha value is -4.27. The summed E-state index contributed by atoms with van der Waals surface area (Å²) in [7, 11) is 1.67. The van der Waals surface area contributed by atoms with Crippen LogP contribution in [0.4, 0.5) is 9.18 Å². The minimum atomic E-state index is -0.348. The maximum atomic E-state index is 13.6. The van der Waals surface area contributed by atoms with Gasteiger partial charge >= 0.3 is 6.03 Å². The number of rotatable bonds is 4. The number of aromatic nitrogens is 5. The number of piperidine rings is 1. The largest absolute Gasteiger partial charge is 0.343 e. The minimum Gasteiger partial charge on any atom is -0.343 e. The molecule has 9 heteroatoms. The first-order valence-corrected chi connectivity index (χ1v) is 12.1. The third kappa shape index (κ3) is 4.06. The van der Waals surface area contributed by atoms with E-state index in [1.165, 1.54) is 12.3 Å². The average Bonchev–Trinajstić information content (AvgIpc) is 3.52. The van der Waals surface area contributed by atoms with Crippen LogP contribution in [0.1, 0.15) is 30.0 Å². The van der Waals surface area contributed by atoms with Gasteiger partial charge in [-0.1, -0.05) is 0 Å². The Morgan fingerprint density at radius 3 is 2.83 bits per heavy atom. The molecule has 0 radical (unpaired) electrons. The van der Waals surface area contributed by atoms with Crippen LogP contribution in [-0.2, 0) is 6.54 Å². The van der Waals surface area contributed by atoms with E-state index in [4.69, 9.17) is 4.98 Å². The van der Waals surface area contributed by atoms with Gasteiger partial charge < -0.3 is 19.8 Å². The molecule has 6 rings (SSSR count). The Bertz CT molecular complexity index is 1570. The Morgan fingerprint density at radius 2 is 2.03 bits per heavy atom. The number of nitrogens with zero attached hydrogens (tertiary/aromatic N) is 5. The number of amides is 2. The fourth-order valence-corrected chi connectivity index (χ4v) is 5.12. The van der Waals surface area contributed by atoms with Crippen molar-refractivity contribution in [2.75, 3.05) is 20.1 Å². The lowest BCUT2D eigenvalue weighted by molar-refractivity contribution is 0.183. The van der Waals surface area contributed by atoms with Gasteiger partial charge in [-0.3, -0.25) is 4.98 Å². The number of pyridine rings is 3. The number of carbonyl (C=O) groups excluding carboxylic acids is 1. The third-order valence-electron chi connectivity index (χ3n) is 6.99. The highest BCUT2D eigenvalue weighted by atomic mass is 19.1. The lowest BCUT2D eigenvalue weighted by Gasteiger charge is -2.31. The molecule has 0 unspecified atom stereocenters. The van der Waals surface area contributed by atoms with Crippen molar-refractivity contribution in [2.45, 2.75) is 25.3 Å². The Morgan fingerprint density at radius 1 is 1.17 bits per heavy atom. The van der Waals surface area contributed by atoms with Crippen LogP contribution < -0.4 is 5.32 Å². The summed E-state index contributed by atoms with van der Waals surface area (Å²) in [6.07, 6.45) is 8.46. The van der Waals surface area contributed by atoms with Gasteiger partial charge in [-0.25, -0.2) is 19.2 Å². The van der Waals surface area contributed by atoms with Crippen molar-refractivity contribution in [3.8, 4) is 11.3 Å². The normalized spacial score (nSPS) is 14.6. The van der Waals surface area contributed by atoms with Crippen molar-refractivity contribution in [1.29, 1.82) is 0 Å². The predicted octanol–water partition coefficient (Wildman–Crippen LogP) is 4.68. The zero-order valence-corrected chi connectivity index (χ0v) is 19.9. The van der Waals surface area contributed by atoms with Crippen LogP contribution >= 0.6 is 0 Å². The monoisotopic (exact) mass is 483 g/mol. The second-order valence-corrected chi connectivity index (χ2v) is 9.23. The molecule has 8 nitrogen and oxygen atoms in total. The molecule has 2 N–H and O–H groups in total. The van der Waals surface area contributed by atoms with E-state index in [0.717, 1.165) is 70.5 Å². The van der Waals surface area contributed by atoms with E-state index < -0.39 is 0 Å². The topological polar surface area (TPSA) is 91.7 Å². The maximum absolute atomic E-state index is 13.6. The molecule has 0 spiro atoms. The molecule has 5 aromatic rings. The third-order valence-corrected chi connectivity index (χ3v) is 6.99. The number of aromatic amines is 1. The molecule has 0 bridgehead atoms. The Labute approximate surface area is 207 Å². The lowest BCUT2D eigenvalue weighted by atomic mass is 9.93. The van der Waals surface area contributed by atoms with Crippen molar-refractivity contribution in [3.05, 3.63) is 78.3 Å². The van der Waals surface area contributed by atoms with Gasteiger partial charge in [0.15, 0.2) is 0 Å². The molecule has 182 valence electrons. The van der Waals surface area contributed by atoms with Gasteiger partial charge in [-0.15, -0.1) is 0 Å². The second-order valence-electron chi connectivity index (χ2n) is 9.23. The number of hydrogen-bond donors (Lipinski definition) is 2. The van der Waals surface area contributed by atoms with Crippen LogP contribution in [0.25, 0.3) is 33.3 Å². The molecule has 36 heavy (non-hydrogen) atoms. The molecule has 6 heterocycles. The van der Waals surface area contributed by atoms with Crippen molar-refractivity contribution < 1.29 is 9.18 Å². The van der Waals surface area contributed by atoms with Crippen LogP contribution in [0, 0.1) is 5.82 Å². The standard InChI is InChI=1S/C27H26FN7O/c1-29-27(36)34-9-5-18(6-10-34)24-13-22-21(4-8-31-25(22)32-24)23-3-2-19-7-11-35(26(19)33-23)16-17-12-20(28)15-30-14-17/h2-4,7-8,11-15,18H,5-6,9-10,16H2,1H3,(H,29,36)(H,31,32). The SMILES string of the molecule is CNC(=O)N1CCC(c2cc3c(-c4ccc5ccn(Cc6cncc(F)c6)c5n4)ccnc3[nH]2)CC1. The molecule has 0 saturated carbocycles. The molecule has 1 aliphatic heterocycles. The second kappa shape index (κ2) is 9.07. The number of urea groups is 1. The number of halogens is 1. The summed E-state index contributed by atoms with van der Waals surface area (Å²) < 4.78 is 15.6. The minimum absolute atomic E-state index is 0.0195. The van der Waals surface area contributed by atoms with Gasteiger partial charge in [-0.2, -0.15) is 0 Å². The Kier molecular flexibility index (Phi) is 5.59. The highest BCUT2D eigenvalue weighted by Gasteiger charge is 2.25. The van der Waals surface area contributed by atoms with Gasteiger partial charge in [0.1, 0.15) is 17.1 Å². The summed E-state index contributed by atoms with van der Waals surface area (Å²) >= 11 is 0. The number of carbonyl (C=O) groups is 1. The average molecular weight is 484 g/mol. The van der Waals surface area contributed by atoms with Crippen LogP contribution in [-0.4, -0.2) is 55.6 Å². The first kappa shape index (κ1) is 22.2. The lowest BCUT2D eigenvalue weighted by Crippen LogP contribution is -2.42. The van der Waals surface area contributed by atoms with Gasteiger partial charge in [0.05, 0.1) is 18.4 Å². The van der Waals surface area contributed by atoms with Crippen molar-refractivity contribution >= 4 is 28.1 Å². The summed E-state index contributed by atoms with van der Waals surface area (Å²) in [5, 5.41) is 4.76. The summed E-state index contributed by atoms with van der Waals surface area (Å²) in [5.74, 6) is -0.000131. The number of likely N-dealkylation sites (tertiary alicyclic amines) is 1. The van der Waals surface area contributed by atoms with Crippen LogP contribution in [0.15, 0.2) is 61.2 Å². The Balaban J connectivity index is 1.32. The van der Waals surface area contributed by atoms with Gasteiger partial charge in [0.2, 0.25) is 0 Å². The highest BCUT2D eigenvalue weighted by molar-refractivity contribution is 5.94. The van der Waals surface area contributed by atoms with E-state index in [-0.39, 0.29) is 11.8 Å². The quantitative estimate of drug-likeness (QED) is 0.388. The summed E-state index contributed by atoms with van der Waals surface area (Å²) in [5.41, 5.74) is 5.45. The van der Waals surface area contributed by atoms with E-state index in [2.05, 4.69) is 32.4 Å². The van der Waals surface area contributed by atoms with Gasteiger partial charge in [0, 0.05) is 66.7 Å². The van der Waals surface area contributed by atoms with Crippen molar-refractivity contribution in [1.82, 2.24) is 34.7 Å². The summed E-state index contributed by atoms with van der Waals surface area (Å²) in [4.78, 5) is 30.8. The van der Waals surface area contributed by atoms with Crippen LogP contribution in [0.2, 0.25) is 0 Å². The summed E-state index contributed by atoms with van der Waals surface area (Å²) in [6, 6.07) is 11.8. The smallest absolute Gasteiger partial charge is 0.317 e. The molecule has 1 fully saturated rings. The predicted molar refractivity (Wildman–Crippen MR) is 136 cm³/mol. The van der Waals surface area contributed by atoms with E-state index in [1.807, 2.05) is 33.9 Å². The molecule has 2 amide bonds. The van der Waals surface area contributed by atoms with Gasteiger partial charge in [0.25, 0.3) is 0 Å². The molecule has 0 atom stereocenters. The van der Waals surface area contributed by atoms with Crippen LogP contribution in [0.3, 0.4) is 0 Å². The fraction of sp³-hybridized carbons (Fsp3) is 0.259. The molecule has 5 aromatic heterocycles. The molecular weight excluding hydrogens is 457 g/mol. The number of fused-ring (bicyclic) bond motifs is 2. The number of nitrogens with one attached hydrogen (secondary N) is 2. The first-order valence-electron chi connectivity index (χ1n) is 12.1. The summed E-state index contributed by atoms with van der Waals surface area (Å²) in [6.45, 7) is 1.95. The van der Waals surface area contributed by atoms with Crippen molar-refractivity contribution in [2.24, 2.45) is 0 Å². The number of H-pyrrole nitrogens is 1. The van der Waals surface area contributed by atoms with E-state index in [9.17, 15) is 9.18 Å². The van der Waals surface area contributed by atoms with E-state index in [1.54, 1.807) is 19.4 Å². The van der Waals surface area contributed by atoms with Gasteiger partial charge in [-0.05, 0) is 54.8 Å². The van der Waals surface area contributed by atoms with Crippen molar-refractivity contribution in [3.63, 3.8) is 0 Å². The maximum Gasteiger partial charge on any atom is 0.317 e. The molecular formula is C27H26FN7O. The molecule has 1 aliphatic rings. The number of hydrogen-bond acceptors (Lipinski definition) is 4. The van der Waals surface area contributed by atoms with Crippen LogP contribution in [0.5, 0.6) is 0 Å². The molecule has 1 saturated heterocycles. The first-order chi connectivity index (χ1) is 17.6. The van der Waals surface area contributed by atoms with E-state index in [0.29, 0.717) is 12.5 Å². The zero-order chi connectivity index (χ0) is 24.6. The zero-order valence-electron chi connectivity index (χ0n) is 19.9. The molecule has 0 aromatic carbocycles.